The van der Waals surface area contributed by atoms with Gasteiger partial charge in [0.1, 0.15) is 11.8 Å². The van der Waals surface area contributed by atoms with Crippen LogP contribution in [0.15, 0.2) is 41.3 Å². The van der Waals surface area contributed by atoms with E-state index < -0.39 is 16.1 Å². The number of carbonyl (C=O) groups excluding carboxylic acids is 1. The summed E-state index contributed by atoms with van der Waals surface area (Å²) in [5, 5.41) is 0.591. The predicted molar refractivity (Wildman–Crippen MR) is 140 cm³/mol. The lowest BCUT2D eigenvalue weighted by Gasteiger charge is -2.29. The quantitative estimate of drug-likeness (QED) is 0.454. The number of amides is 1. The number of hydrogen-bond donors (Lipinski definition) is 0. The molecule has 3 aromatic rings. The van der Waals surface area contributed by atoms with Gasteiger partial charge in [-0.15, -0.1) is 0 Å². The van der Waals surface area contributed by atoms with Crippen LogP contribution in [-0.2, 0) is 19.6 Å². The summed E-state index contributed by atoms with van der Waals surface area (Å²) in [6.45, 7) is 5.41. The molecule has 3 heterocycles. The standard InChI is InChI=1S/C26H31N3O5S2/c1-17-14-18(2)24-22(15-17)27-26(35-24)28(16-20-6-5-13-34-20)25(30)23-7-4-12-29(23)36(31,32)21-10-8-19(33-3)9-11-21/h8-11,14-15,20,23H,4-7,12-13,16H2,1-3H3. The van der Waals surface area contributed by atoms with Crippen LogP contribution in [-0.4, -0.2) is 62.6 Å². The van der Waals surface area contributed by atoms with Gasteiger partial charge in [0.25, 0.3) is 0 Å². The first-order chi connectivity index (χ1) is 17.3. The van der Waals surface area contributed by atoms with E-state index in [-0.39, 0.29) is 16.9 Å². The van der Waals surface area contributed by atoms with E-state index >= 15 is 0 Å². The van der Waals surface area contributed by atoms with Crippen molar-refractivity contribution in [2.24, 2.45) is 0 Å². The van der Waals surface area contributed by atoms with Crippen molar-refractivity contribution in [2.45, 2.75) is 56.6 Å². The summed E-state index contributed by atoms with van der Waals surface area (Å²) in [6, 6.07) is 9.63. The first-order valence-electron chi connectivity index (χ1n) is 12.2. The minimum absolute atomic E-state index is 0.0863. The van der Waals surface area contributed by atoms with Crippen molar-refractivity contribution in [3.05, 3.63) is 47.5 Å². The maximum Gasteiger partial charge on any atom is 0.247 e. The van der Waals surface area contributed by atoms with E-state index in [9.17, 15) is 13.2 Å². The van der Waals surface area contributed by atoms with E-state index in [0.29, 0.717) is 43.4 Å². The zero-order valence-corrected chi connectivity index (χ0v) is 22.4. The SMILES string of the molecule is COc1ccc(S(=O)(=O)N2CCCC2C(=O)N(CC2CCCO2)c2nc3cc(C)cc(C)c3s2)cc1. The van der Waals surface area contributed by atoms with Gasteiger partial charge in [0.15, 0.2) is 5.13 Å². The molecule has 2 aliphatic heterocycles. The summed E-state index contributed by atoms with van der Waals surface area (Å²) >= 11 is 1.48. The van der Waals surface area contributed by atoms with Crippen molar-refractivity contribution in [1.29, 1.82) is 0 Å². The third-order valence-electron chi connectivity index (χ3n) is 6.87. The maximum atomic E-state index is 14.1. The van der Waals surface area contributed by atoms with Crippen LogP contribution in [0.2, 0.25) is 0 Å². The maximum absolute atomic E-state index is 14.1. The van der Waals surface area contributed by atoms with E-state index in [1.807, 2.05) is 19.9 Å². The fourth-order valence-corrected chi connectivity index (χ4v) is 7.75. The van der Waals surface area contributed by atoms with Gasteiger partial charge >= 0.3 is 0 Å². The summed E-state index contributed by atoms with van der Waals surface area (Å²) in [4.78, 5) is 20.7. The van der Waals surface area contributed by atoms with Crippen LogP contribution in [0.3, 0.4) is 0 Å². The normalized spacial score (nSPS) is 20.8. The molecule has 2 unspecified atom stereocenters. The monoisotopic (exact) mass is 529 g/mol. The second kappa shape index (κ2) is 10.1. The average Bonchev–Trinajstić information content (AvgIpc) is 3.63. The Morgan fingerprint density at radius 2 is 1.97 bits per heavy atom. The molecule has 10 heteroatoms. The molecule has 1 aromatic heterocycles. The van der Waals surface area contributed by atoms with Crippen LogP contribution in [0.1, 0.15) is 36.8 Å². The van der Waals surface area contributed by atoms with Gasteiger partial charge in [0.05, 0.1) is 34.9 Å². The van der Waals surface area contributed by atoms with Gasteiger partial charge in [0, 0.05) is 13.2 Å². The molecule has 2 saturated heterocycles. The van der Waals surface area contributed by atoms with Gasteiger partial charge in [-0.3, -0.25) is 9.69 Å². The molecule has 0 radical (unpaired) electrons. The van der Waals surface area contributed by atoms with Gasteiger partial charge < -0.3 is 9.47 Å². The molecule has 0 spiro atoms. The molecule has 2 aliphatic rings. The highest BCUT2D eigenvalue weighted by Crippen LogP contribution is 2.35. The molecule has 8 nitrogen and oxygen atoms in total. The molecule has 192 valence electrons. The first-order valence-corrected chi connectivity index (χ1v) is 14.5. The van der Waals surface area contributed by atoms with Crippen molar-refractivity contribution < 1.29 is 22.7 Å². The Labute approximate surface area is 215 Å². The number of nitrogens with zero attached hydrogens (tertiary/aromatic N) is 3. The van der Waals surface area contributed by atoms with E-state index in [2.05, 4.69) is 6.07 Å². The number of sulfonamides is 1. The summed E-state index contributed by atoms with van der Waals surface area (Å²) in [5.74, 6) is 0.334. The Hall–Kier alpha value is -2.53. The largest absolute Gasteiger partial charge is 0.497 e. The molecule has 0 aliphatic carbocycles. The highest BCUT2D eigenvalue weighted by Gasteiger charge is 2.42. The van der Waals surface area contributed by atoms with E-state index in [4.69, 9.17) is 14.5 Å². The van der Waals surface area contributed by atoms with Crippen LogP contribution in [0, 0.1) is 13.8 Å². The van der Waals surface area contributed by atoms with E-state index in [1.54, 1.807) is 17.0 Å². The Bertz CT molecular complexity index is 1360. The molecular formula is C26H31N3O5S2. The summed E-state index contributed by atoms with van der Waals surface area (Å²) < 4.78 is 40.5. The number of fused-ring (bicyclic) bond motifs is 1. The molecule has 2 aromatic carbocycles. The number of benzene rings is 2. The van der Waals surface area contributed by atoms with Gasteiger partial charge in [-0.25, -0.2) is 13.4 Å². The molecule has 0 N–H and O–H groups in total. The number of thiazole rings is 1. The van der Waals surface area contributed by atoms with Crippen molar-refractivity contribution in [3.8, 4) is 5.75 Å². The fraction of sp³-hybridized carbons (Fsp3) is 0.462. The Morgan fingerprint density at radius 1 is 1.19 bits per heavy atom. The average molecular weight is 530 g/mol. The minimum atomic E-state index is -3.86. The molecule has 2 atom stereocenters. The smallest absolute Gasteiger partial charge is 0.247 e. The second-order valence-corrected chi connectivity index (χ2v) is 12.3. The number of hydrogen-bond acceptors (Lipinski definition) is 7. The number of aromatic nitrogens is 1. The number of ether oxygens (including phenoxy) is 2. The lowest BCUT2D eigenvalue weighted by atomic mass is 10.1. The fourth-order valence-electron chi connectivity index (χ4n) is 5.07. The zero-order valence-electron chi connectivity index (χ0n) is 20.8. The molecule has 5 rings (SSSR count). The van der Waals surface area contributed by atoms with Crippen LogP contribution in [0.25, 0.3) is 10.2 Å². The summed E-state index contributed by atoms with van der Waals surface area (Å²) in [7, 11) is -2.32. The number of rotatable bonds is 7. The van der Waals surface area contributed by atoms with E-state index in [1.165, 1.54) is 34.9 Å². The van der Waals surface area contributed by atoms with Crippen LogP contribution < -0.4 is 9.64 Å². The highest BCUT2D eigenvalue weighted by atomic mass is 32.2. The first kappa shape index (κ1) is 25.1. The summed E-state index contributed by atoms with van der Waals surface area (Å²) in [5.41, 5.74) is 3.08. The van der Waals surface area contributed by atoms with Crippen molar-refractivity contribution in [1.82, 2.24) is 9.29 Å². The lowest BCUT2D eigenvalue weighted by molar-refractivity contribution is -0.122. The number of aryl methyl sites for hydroxylation is 2. The van der Waals surface area contributed by atoms with Crippen LogP contribution in [0.4, 0.5) is 5.13 Å². The third-order valence-corrected chi connectivity index (χ3v) is 10.0. The predicted octanol–water partition coefficient (Wildman–Crippen LogP) is 4.29. The number of methoxy groups -OCH3 is 1. The van der Waals surface area contributed by atoms with Gasteiger partial charge in [0.2, 0.25) is 15.9 Å². The van der Waals surface area contributed by atoms with Gasteiger partial charge in [-0.05, 0) is 81.0 Å². The molecule has 0 saturated carbocycles. The van der Waals surface area contributed by atoms with Gasteiger partial charge in [-0.1, -0.05) is 17.4 Å². The number of anilines is 1. The lowest BCUT2D eigenvalue weighted by Crippen LogP contribution is -2.49. The van der Waals surface area contributed by atoms with Crippen LogP contribution in [0.5, 0.6) is 5.75 Å². The van der Waals surface area contributed by atoms with Crippen LogP contribution >= 0.6 is 11.3 Å². The number of carbonyl (C=O) groups is 1. The molecular weight excluding hydrogens is 498 g/mol. The molecule has 0 bridgehead atoms. The van der Waals surface area contributed by atoms with Crippen molar-refractivity contribution in [3.63, 3.8) is 0 Å². The van der Waals surface area contributed by atoms with E-state index in [0.717, 1.165) is 34.2 Å². The minimum Gasteiger partial charge on any atom is -0.497 e. The topological polar surface area (TPSA) is 89.0 Å². The van der Waals surface area contributed by atoms with Crippen molar-refractivity contribution >= 4 is 42.6 Å². The van der Waals surface area contributed by atoms with Gasteiger partial charge in [-0.2, -0.15) is 4.31 Å². The Morgan fingerprint density at radius 3 is 2.67 bits per heavy atom. The highest BCUT2D eigenvalue weighted by molar-refractivity contribution is 7.89. The molecule has 36 heavy (non-hydrogen) atoms. The summed E-state index contributed by atoms with van der Waals surface area (Å²) in [6.07, 6.45) is 2.83. The van der Waals surface area contributed by atoms with Crippen molar-refractivity contribution in [2.75, 3.05) is 31.7 Å². The Kier molecular flexibility index (Phi) is 7.04. The third kappa shape index (κ3) is 4.74. The molecule has 2 fully saturated rings. The second-order valence-electron chi connectivity index (χ2n) is 9.46. The zero-order chi connectivity index (χ0) is 25.4. The molecule has 1 amide bonds. The Balaban J connectivity index is 1.49.